The Bertz CT molecular complexity index is 867. The number of ether oxygens (including phenoxy) is 2. The molecular weight excluding hydrogens is 325 g/mol. The van der Waals surface area contributed by atoms with Crippen LogP contribution in [0.2, 0.25) is 0 Å². The SMILES string of the molecule is CNC(=O)Oc1nccc(-c2ccc(Oc3ccc(F)cc3)cc2)n1. The first-order valence-corrected chi connectivity index (χ1v) is 7.40. The second-order valence-electron chi connectivity index (χ2n) is 4.94. The quantitative estimate of drug-likeness (QED) is 0.783. The molecular formula is C18H14FN3O3. The van der Waals surface area contributed by atoms with Gasteiger partial charge >= 0.3 is 12.1 Å². The number of hydrogen-bond acceptors (Lipinski definition) is 5. The van der Waals surface area contributed by atoms with Crippen molar-refractivity contribution in [3.05, 3.63) is 66.6 Å². The zero-order valence-corrected chi connectivity index (χ0v) is 13.3. The minimum Gasteiger partial charge on any atom is -0.457 e. The smallest absolute Gasteiger partial charge is 0.414 e. The molecule has 3 aromatic rings. The molecule has 2 aromatic carbocycles. The third-order valence-electron chi connectivity index (χ3n) is 3.22. The molecule has 25 heavy (non-hydrogen) atoms. The normalized spacial score (nSPS) is 10.2. The molecule has 0 atom stereocenters. The fourth-order valence-electron chi connectivity index (χ4n) is 2.02. The fourth-order valence-corrected chi connectivity index (χ4v) is 2.02. The van der Waals surface area contributed by atoms with Crippen molar-refractivity contribution < 1.29 is 18.7 Å². The highest BCUT2D eigenvalue weighted by Gasteiger charge is 2.07. The van der Waals surface area contributed by atoms with Crippen LogP contribution in [0.3, 0.4) is 0 Å². The first-order valence-electron chi connectivity index (χ1n) is 7.40. The van der Waals surface area contributed by atoms with Crippen LogP contribution in [-0.2, 0) is 0 Å². The van der Waals surface area contributed by atoms with Crippen molar-refractivity contribution in [2.75, 3.05) is 7.05 Å². The maximum atomic E-state index is 12.9. The number of nitrogens with one attached hydrogen (secondary N) is 1. The summed E-state index contributed by atoms with van der Waals surface area (Å²) in [4.78, 5) is 19.3. The Hall–Kier alpha value is -3.48. The van der Waals surface area contributed by atoms with Crippen LogP contribution in [0.25, 0.3) is 11.3 Å². The standard InChI is InChI=1S/C18H14FN3O3/c1-20-18(23)25-17-21-11-10-16(22-17)12-2-6-14(7-3-12)24-15-8-4-13(19)5-9-15/h2-11H,1H3,(H,20,23). The molecule has 126 valence electrons. The second-order valence-corrected chi connectivity index (χ2v) is 4.94. The van der Waals surface area contributed by atoms with Gasteiger partial charge in [-0.3, -0.25) is 0 Å². The predicted molar refractivity (Wildman–Crippen MR) is 89.0 cm³/mol. The fraction of sp³-hybridized carbons (Fsp3) is 0.0556. The topological polar surface area (TPSA) is 73.3 Å². The number of hydrogen-bond donors (Lipinski definition) is 1. The summed E-state index contributed by atoms with van der Waals surface area (Å²) in [6, 6.07) is 14.6. The van der Waals surface area contributed by atoms with Gasteiger partial charge in [0.25, 0.3) is 0 Å². The highest BCUT2D eigenvalue weighted by molar-refractivity contribution is 5.69. The van der Waals surface area contributed by atoms with Crippen molar-refractivity contribution in [1.82, 2.24) is 15.3 Å². The highest BCUT2D eigenvalue weighted by Crippen LogP contribution is 2.25. The molecule has 0 saturated heterocycles. The molecule has 0 aliphatic carbocycles. The predicted octanol–water partition coefficient (Wildman–Crippen LogP) is 3.79. The summed E-state index contributed by atoms with van der Waals surface area (Å²) in [7, 11) is 1.45. The number of rotatable bonds is 4. The van der Waals surface area contributed by atoms with Gasteiger partial charge in [-0.15, -0.1) is 0 Å². The summed E-state index contributed by atoms with van der Waals surface area (Å²) in [5.41, 5.74) is 1.40. The van der Waals surface area contributed by atoms with Gasteiger partial charge in [0.2, 0.25) is 0 Å². The maximum absolute atomic E-state index is 12.9. The van der Waals surface area contributed by atoms with Crippen LogP contribution in [0.1, 0.15) is 0 Å². The van der Waals surface area contributed by atoms with Gasteiger partial charge in [0, 0.05) is 18.8 Å². The average molecular weight is 339 g/mol. The molecule has 0 aliphatic rings. The molecule has 1 aromatic heterocycles. The van der Waals surface area contributed by atoms with Gasteiger partial charge in [-0.1, -0.05) is 0 Å². The number of aromatic nitrogens is 2. The van der Waals surface area contributed by atoms with E-state index in [2.05, 4.69) is 15.3 Å². The Balaban J connectivity index is 1.74. The monoisotopic (exact) mass is 339 g/mol. The summed E-state index contributed by atoms with van der Waals surface area (Å²) in [5, 5.41) is 2.33. The molecule has 6 nitrogen and oxygen atoms in total. The molecule has 7 heteroatoms. The van der Waals surface area contributed by atoms with E-state index in [-0.39, 0.29) is 11.8 Å². The van der Waals surface area contributed by atoms with E-state index in [0.717, 1.165) is 5.56 Å². The third-order valence-corrected chi connectivity index (χ3v) is 3.22. The van der Waals surface area contributed by atoms with Crippen LogP contribution < -0.4 is 14.8 Å². The molecule has 1 N–H and O–H groups in total. The molecule has 0 fully saturated rings. The lowest BCUT2D eigenvalue weighted by atomic mass is 10.1. The van der Waals surface area contributed by atoms with Crippen molar-refractivity contribution in [1.29, 1.82) is 0 Å². The van der Waals surface area contributed by atoms with Gasteiger partial charge in [-0.25, -0.2) is 14.2 Å². The molecule has 1 heterocycles. The Kier molecular flexibility index (Phi) is 4.84. The average Bonchev–Trinajstić information content (AvgIpc) is 2.64. The number of carbonyl (C=O) groups is 1. The van der Waals surface area contributed by atoms with Crippen LogP contribution in [0.15, 0.2) is 60.8 Å². The molecule has 0 saturated carbocycles. The lowest BCUT2D eigenvalue weighted by molar-refractivity contribution is 0.199. The molecule has 0 spiro atoms. The highest BCUT2D eigenvalue weighted by atomic mass is 19.1. The van der Waals surface area contributed by atoms with Crippen molar-refractivity contribution in [3.8, 4) is 28.8 Å². The van der Waals surface area contributed by atoms with Crippen molar-refractivity contribution in [3.63, 3.8) is 0 Å². The van der Waals surface area contributed by atoms with Crippen LogP contribution in [0, 0.1) is 5.82 Å². The molecule has 0 unspecified atom stereocenters. The van der Waals surface area contributed by atoms with Crippen LogP contribution in [0.5, 0.6) is 17.5 Å². The van der Waals surface area contributed by atoms with E-state index in [1.165, 1.54) is 25.4 Å². The zero-order chi connectivity index (χ0) is 17.6. The maximum Gasteiger partial charge on any atom is 0.414 e. The lowest BCUT2D eigenvalue weighted by Gasteiger charge is -2.07. The first kappa shape index (κ1) is 16.4. The van der Waals surface area contributed by atoms with Crippen molar-refractivity contribution in [2.24, 2.45) is 0 Å². The Morgan fingerprint density at radius 2 is 1.64 bits per heavy atom. The van der Waals surface area contributed by atoms with Crippen molar-refractivity contribution in [2.45, 2.75) is 0 Å². The van der Waals surface area contributed by atoms with E-state index in [1.807, 2.05) is 12.1 Å². The second kappa shape index (κ2) is 7.39. The minimum atomic E-state index is -0.639. The molecule has 0 aliphatic heterocycles. The largest absolute Gasteiger partial charge is 0.457 e. The van der Waals surface area contributed by atoms with Crippen LogP contribution in [-0.4, -0.2) is 23.1 Å². The lowest BCUT2D eigenvalue weighted by Crippen LogP contribution is -2.23. The zero-order valence-electron chi connectivity index (χ0n) is 13.3. The molecule has 3 rings (SSSR count). The van der Waals surface area contributed by atoms with Crippen LogP contribution in [0.4, 0.5) is 9.18 Å². The number of carbonyl (C=O) groups excluding carboxylic acids is 1. The minimum absolute atomic E-state index is 0.0384. The van der Waals surface area contributed by atoms with E-state index in [0.29, 0.717) is 17.2 Å². The van der Waals surface area contributed by atoms with E-state index in [4.69, 9.17) is 9.47 Å². The van der Waals surface area contributed by atoms with Gasteiger partial charge in [0.15, 0.2) is 0 Å². The van der Waals surface area contributed by atoms with E-state index in [1.54, 1.807) is 30.3 Å². The van der Waals surface area contributed by atoms with Gasteiger partial charge in [0.1, 0.15) is 17.3 Å². The van der Waals surface area contributed by atoms with Gasteiger partial charge in [-0.05, 0) is 54.6 Å². The number of halogens is 1. The number of benzene rings is 2. The summed E-state index contributed by atoms with van der Waals surface area (Å²) in [6.07, 6.45) is 0.865. The van der Waals surface area contributed by atoms with E-state index in [9.17, 15) is 9.18 Å². The van der Waals surface area contributed by atoms with Gasteiger partial charge in [0.05, 0.1) is 5.69 Å². The summed E-state index contributed by atoms with van der Waals surface area (Å²) in [6.45, 7) is 0. The Morgan fingerprint density at radius 3 is 2.28 bits per heavy atom. The third kappa shape index (κ3) is 4.29. The molecule has 0 radical (unpaired) electrons. The molecule has 0 bridgehead atoms. The number of nitrogens with zero attached hydrogens (tertiary/aromatic N) is 2. The Labute approximate surface area is 143 Å². The molecule has 1 amide bonds. The van der Waals surface area contributed by atoms with Crippen molar-refractivity contribution >= 4 is 6.09 Å². The first-order chi connectivity index (χ1) is 12.1. The number of amides is 1. The van der Waals surface area contributed by atoms with E-state index < -0.39 is 6.09 Å². The van der Waals surface area contributed by atoms with Gasteiger partial charge in [-0.2, -0.15) is 4.98 Å². The summed E-state index contributed by atoms with van der Waals surface area (Å²) >= 11 is 0. The van der Waals surface area contributed by atoms with Crippen LogP contribution >= 0.6 is 0 Å². The Morgan fingerprint density at radius 1 is 1.00 bits per heavy atom. The summed E-state index contributed by atoms with van der Waals surface area (Å²) in [5.74, 6) is 0.824. The summed E-state index contributed by atoms with van der Waals surface area (Å²) < 4.78 is 23.4. The van der Waals surface area contributed by atoms with E-state index >= 15 is 0 Å². The van der Waals surface area contributed by atoms with Gasteiger partial charge < -0.3 is 14.8 Å².